The van der Waals surface area contributed by atoms with E-state index >= 15 is 0 Å². The maximum absolute atomic E-state index is 11.4. The van der Waals surface area contributed by atoms with Crippen LogP contribution < -0.4 is 0 Å². The summed E-state index contributed by atoms with van der Waals surface area (Å²) in [6.07, 6.45) is 1.36. The summed E-state index contributed by atoms with van der Waals surface area (Å²) >= 11 is 0. The van der Waals surface area contributed by atoms with Crippen LogP contribution in [0.25, 0.3) is 0 Å². The average molecular weight is 263 g/mol. The number of rotatable bonds is 3. The Kier molecular flexibility index (Phi) is 4.93. The van der Waals surface area contributed by atoms with E-state index in [0.717, 1.165) is 32.7 Å². The van der Waals surface area contributed by atoms with Crippen molar-refractivity contribution >= 4 is 5.97 Å². The standard InChI is InChI=1S/C15H21NO3/c1-12-10-16(8-3-9-19-12)11-13-4-6-14(7-5-13)15(17)18-2/h4-7,12H,3,8-11H2,1-2H3. The Morgan fingerprint density at radius 3 is 2.84 bits per heavy atom. The smallest absolute Gasteiger partial charge is 0.337 e. The van der Waals surface area contributed by atoms with E-state index in [4.69, 9.17) is 9.47 Å². The van der Waals surface area contributed by atoms with E-state index in [1.807, 2.05) is 24.3 Å². The van der Waals surface area contributed by atoms with Crippen LogP contribution in [0.4, 0.5) is 0 Å². The number of carbonyl (C=O) groups is 1. The molecule has 0 saturated carbocycles. The monoisotopic (exact) mass is 263 g/mol. The van der Waals surface area contributed by atoms with Crippen LogP contribution in [0, 0.1) is 0 Å². The van der Waals surface area contributed by atoms with E-state index in [0.29, 0.717) is 5.56 Å². The zero-order valence-corrected chi connectivity index (χ0v) is 11.6. The predicted octanol–water partition coefficient (Wildman–Crippen LogP) is 2.08. The lowest BCUT2D eigenvalue weighted by Crippen LogP contribution is -2.29. The second-order valence-electron chi connectivity index (χ2n) is 4.96. The van der Waals surface area contributed by atoms with Crippen molar-refractivity contribution in [2.24, 2.45) is 0 Å². The number of esters is 1. The minimum atomic E-state index is -0.289. The first-order valence-corrected chi connectivity index (χ1v) is 6.70. The highest BCUT2D eigenvalue weighted by Gasteiger charge is 2.15. The molecule has 0 aromatic heterocycles. The van der Waals surface area contributed by atoms with Gasteiger partial charge in [0.05, 0.1) is 18.8 Å². The lowest BCUT2D eigenvalue weighted by molar-refractivity contribution is 0.0600. The normalized spacial score (nSPS) is 20.8. The van der Waals surface area contributed by atoms with Gasteiger partial charge >= 0.3 is 5.97 Å². The molecule has 1 aliphatic heterocycles. The molecular weight excluding hydrogens is 242 g/mol. The van der Waals surface area contributed by atoms with E-state index in [2.05, 4.69) is 11.8 Å². The summed E-state index contributed by atoms with van der Waals surface area (Å²) in [5.41, 5.74) is 1.81. The molecule has 1 heterocycles. The number of carbonyl (C=O) groups excluding carboxylic acids is 1. The molecule has 1 atom stereocenters. The molecule has 1 aromatic rings. The minimum absolute atomic E-state index is 0.289. The number of ether oxygens (including phenoxy) is 2. The maximum atomic E-state index is 11.4. The van der Waals surface area contributed by atoms with Crippen LogP contribution in [0.1, 0.15) is 29.3 Å². The highest BCUT2D eigenvalue weighted by molar-refractivity contribution is 5.89. The topological polar surface area (TPSA) is 38.8 Å². The van der Waals surface area contributed by atoms with Crippen molar-refractivity contribution in [3.63, 3.8) is 0 Å². The van der Waals surface area contributed by atoms with Crippen LogP contribution in [0.2, 0.25) is 0 Å². The number of hydrogen-bond acceptors (Lipinski definition) is 4. The molecule has 0 amide bonds. The van der Waals surface area contributed by atoms with Crippen molar-refractivity contribution in [1.29, 1.82) is 0 Å². The van der Waals surface area contributed by atoms with Gasteiger partial charge in [0.1, 0.15) is 0 Å². The van der Waals surface area contributed by atoms with Gasteiger partial charge in [0.15, 0.2) is 0 Å². The Labute approximate surface area is 114 Å². The molecule has 4 nitrogen and oxygen atoms in total. The van der Waals surface area contributed by atoms with E-state index in [-0.39, 0.29) is 12.1 Å². The van der Waals surface area contributed by atoms with Gasteiger partial charge in [-0.25, -0.2) is 4.79 Å². The summed E-state index contributed by atoms with van der Waals surface area (Å²) in [6, 6.07) is 7.61. The molecular formula is C15H21NO3. The summed E-state index contributed by atoms with van der Waals surface area (Å²) in [5.74, 6) is -0.289. The van der Waals surface area contributed by atoms with Gasteiger partial charge in [-0.15, -0.1) is 0 Å². The third-order valence-electron chi connectivity index (χ3n) is 3.32. The molecule has 4 heteroatoms. The first-order valence-electron chi connectivity index (χ1n) is 6.70. The van der Waals surface area contributed by atoms with Crippen LogP contribution in [-0.4, -0.2) is 43.8 Å². The van der Waals surface area contributed by atoms with Crippen LogP contribution in [0.15, 0.2) is 24.3 Å². The molecule has 1 aromatic carbocycles. The predicted molar refractivity (Wildman–Crippen MR) is 73.1 cm³/mol. The molecule has 1 aliphatic rings. The van der Waals surface area contributed by atoms with Crippen LogP contribution in [0.5, 0.6) is 0 Å². The molecule has 2 rings (SSSR count). The summed E-state index contributed by atoms with van der Waals surface area (Å²) in [6.45, 7) is 5.87. The quantitative estimate of drug-likeness (QED) is 0.783. The maximum Gasteiger partial charge on any atom is 0.337 e. The zero-order valence-electron chi connectivity index (χ0n) is 11.6. The van der Waals surface area contributed by atoms with Gasteiger partial charge < -0.3 is 9.47 Å². The van der Waals surface area contributed by atoms with Gasteiger partial charge in [-0.05, 0) is 31.0 Å². The van der Waals surface area contributed by atoms with Crippen molar-refractivity contribution in [1.82, 2.24) is 4.90 Å². The summed E-state index contributed by atoms with van der Waals surface area (Å²) in [4.78, 5) is 13.7. The van der Waals surface area contributed by atoms with Gasteiger partial charge in [0.2, 0.25) is 0 Å². The number of methoxy groups -OCH3 is 1. The Balaban J connectivity index is 1.96. The Morgan fingerprint density at radius 1 is 1.42 bits per heavy atom. The van der Waals surface area contributed by atoms with Gasteiger partial charge in [0, 0.05) is 26.2 Å². The first kappa shape index (κ1) is 14.0. The number of benzene rings is 1. The van der Waals surface area contributed by atoms with E-state index in [9.17, 15) is 4.79 Å². The summed E-state index contributed by atoms with van der Waals surface area (Å²) in [5, 5.41) is 0. The second-order valence-corrected chi connectivity index (χ2v) is 4.96. The zero-order chi connectivity index (χ0) is 13.7. The van der Waals surface area contributed by atoms with Gasteiger partial charge in [-0.3, -0.25) is 4.90 Å². The van der Waals surface area contributed by atoms with Crippen molar-refractivity contribution < 1.29 is 14.3 Å². The SMILES string of the molecule is COC(=O)c1ccc(CN2CCCOC(C)C2)cc1. The molecule has 0 aliphatic carbocycles. The van der Waals surface area contributed by atoms with Crippen molar-refractivity contribution in [2.45, 2.75) is 26.0 Å². The van der Waals surface area contributed by atoms with Crippen LogP contribution >= 0.6 is 0 Å². The molecule has 0 N–H and O–H groups in total. The highest BCUT2D eigenvalue weighted by atomic mass is 16.5. The van der Waals surface area contributed by atoms with Gasteiger partial charge in [0.25, 0.3) is 0 Å². The lowest BCUT2D eigenvalue weighted by Gasteiger charge is -2.21. The highest BCUT2D eigenvalue weighted by Crippen LogP contribution is 2.12. The van der Waals surface area contributed by atoms with Crippen molar-refractivity contribution in [3.05, 3.63) is 35.4 Å². The van der Waals surface area contributed by atoms with E-state index < -0.39 is 0 Å². The van der Waals surface area contributed by atoms with Crippen molar-refractivity contribution in [3.8, 4) is 0 Å². The number of hydrogen-bond donors (Lipinski definition) is 0. The lowest BCUT2D eigenvalue weighted by atomic mass is 10.1. The number of nitrogens with zero attached hydrogens (tertiary/aromatic N) is 1. The Bertz CT molecular complexity index is 416. The second kappa shape index (κ2) is 6.68. The van der Waals surface area contributed by atoms with E-state index in [1.54, 1.807) is 0 Å². The molecule has 19 heavy (non-hydrogen) atoms. The molecule has 0 radical (unpaired) electrons. The van der Waals surface area contributed by atoms with Gasteiger partial charge in [-0.1, -0.05) is 12.1 Å². The molecule has 1 fully saturated rings. The third-order valence-corrected chi connectivity index (χ3v) is 3.32. The average Bonchev–Trinajstić information content (AvgIpc) is 2.63. The van der Waals surface area contributed by atoms with Crippen LogP contribution in [0.3, 0.4) is 0 Å². The summed E-state index contributed by atoms with van der Waals surface area (Å²) in [7, 11) is 1.40. The van der Waals surface area contributed by atoms with Gasteiger partial charge in [-0.2, -0.15) is 0 Å². The molecule has 0 bridgehead atoms. The molecule has 0 spiro atoms. The fourth-order valence-corrected chi connectivity index (χ4v) is 2.35. The Morgan fingerprint density at radius 2 is 2.16 bits per heavy atom. The largest absolute Gasteiger partial charge is 0.465 e. The molecule has 104 valence electrons. The fraction of sp³-hybridized carbons (Fsp3) is 0.533. The molecule has 1 unspecified atom stereocenters. The third kappa shape index (κ3) is 4.04. The van der Waals surface area contributed by atoms with Crippen molar-refractivity contribution in [2.75, 3.05) is 26.8 Å². The fourth-order valence-electron chi connectivity index (χ4n) is 2.35. The summed E-state index contributed by atoms with van der Waals surface area (Å²) < 4.78 is 10.3. The first-order chi connectivity index (χ1) is 9.19. The van der Waals surface area contributed by atoms with Crippen LogP contribution in [-0.2, 0) is 16.0 Å². The Hall–Kier alpha value is -1.39. The molecule has 1 saturated heterocycles. The minimum Gasteiger partial charge on any atom is -0.465 e. The van der Waals surface area contributed by atoms with E-state index in [1.165, 1.54) is 12.7 Å².